The van der Waals surface area contributed by atoms with Gasteiger partial charge in [-0.25, -0.2) is 0 Å². The van der Waals surface area contributed by atoms with E-state index in [1.54, 1.807) is 0 Å². The molecule has 0 aromatic heterocycles. The van der Waals surface area contributed by atoms with Crippen LogP contribution in [0.15, 0.2) is 0 Å². The van der Waals surface area contributed by atoms with Gasteiger partial charge in [0.1, 0.15) is 0 Å². The van der Waals surface area contributed by atoms with Crippen molar-refractivity contribution in [1.82, 2.24) is 0 Å². The average molecular weight is 216 g/mol. The molecule has 0 radical (unpaired) electrons. The number of rotatable bonds is 5. The Hall–Kier alpha value is 0.137. The van der Waals surface area contributed by atoms with E-state index in [4.69, 9.17) is 8.85 Å². The minimum atomic E-state index is -1.40. The zero-order valence-electron chi connectivity index (χ0n) is 9.95. The minimum absolute atomic E-state index is 0.731. The van der Waals surface area contributed by atoms with Crippen LogP contribution in [0, 0.1) is 11.8 Å². The molecule has 1 rings (SSSR count). The van der Waals surface area contributed by atoms with Gasteiger partial charge in [-0.15, -0.1) is 0 Å². The van der Waals surface area contributed by atoms with Crippen molar-refractivity contribution in [2.45, 2.75) is 46.1 Å². The molecule has 0 N–H and O–H groups in total. The average Bonchev–Trinajstić information content (AvgIpc) is 2.46. The fourth-order valence-corrected chi connectivity index (χ4v) is 5.26. The van der Waals surface area contributed by atoms with Crippen LogP contribution in [0.3, 0.4) is 0 Å². The Labute approximate surface area is 89.8 Å². The third-order valence-corrected chi connectivity index (χ3v) is 6.63. The maximum atomic E-state index is 5.82. The molecule has 0 bridgehead atoms. The van der Waals surface area contributed by atoms with Crippen molar-refractivity contribution in [3.63, 3.8) is 0 Å². The predicted octanol–water partition coefficient (Wildman–Crippen LogP) is 2.72. The monoisotopic (exact) mass is 216 g/mol. The van der Waals surface area contributed by atoms with Gasteiger partial charge in [0.2, 0.25) is 0 Å². The summed E-state index contributed by atoms with van der Waals surface area (Å²) in [5, 5.41) is 0. The molecule has 0 aliphatic heterocycles. The van der Waals surface area contributed by atoms with Crippen LogP contribution in [0.25, 0.3) is 0 Å². The molecule has 0 aromatic carbocycles. The fourth-order valence-electron chi connectivity index (χ4n) is 2.61. The highest BCUT2D eigenvalue weighted by Gasteiger charge is 2.39. The SMILES string of the molecule is CCO[SiH](OCC)C1C(C)CCC1C. The molecule has 1 aliphatic rings. The minimum Gasteiger partial charge on any atom is -0.397 e. The lowest BCUT2D eigenvalue weighted by Crippen LogP contribution is -2.33. The summed E-state index contributed by atoms with van der Waals surface area (Å²) in [5.41, 5.74) is 0.731. The molecule has 0 heterocycles. The summed E-state index contributed by atoms with van der Waals surface area (Å²) >= 11 is 0. The van der Waals surface area contributed by atoms with Crippen LogP contribution in [0.2, 0.25) is 5.54 Å². The lowest BCUT2D eigenvalue weighted by molar-refractivity contribution is 0.192. The van der Waals surface area contributed by atoms with Gasteiger partial charge in [-0.3, -0.25) is 0 Å². The first-order valence-corrected chi connectivity index (χ1v) is 7.54. The highest BCUT2D eigenvalue weighted by Crippen LogP contribution is 2.43. The molecule has 0 spiro atoms. The van der Waals surface area contributed by atoms with Crippen molar-refractivity contribution in [3.05, 3.63) is 0 Å². The molecule has 1 aliphatic carbocycles. The summed E-state index contributed by atoms with van der Waals surface area (Å²) in [6.45, 7) is 10.5. The quantitative estimate of drug-likeness (QED) is 0.658. The van der Waals surface area contributed by atoms with Crippen molar-refractivity contribution in [3.8, 4) is 0 Å². The molecule has 0 amide bonds. The first-order chi connectivity index (χ1) is 6.70. The molecule has 0 saturated heterocycles. The van der Waals surface area contributed by atoms with Gasteiger partial charge in [0.05, 0.1) is 0 Å². The second-order valence-electron chi connectivity index (χ2n) is 4.39. The van der Waals surface area contributed by atoms with Crippen LogP contribution in [0.1, 0.15) is 40.5 Å². The normalized spacial score (nSPS) is 32.8. The standard InChI is InChI=1S/C11H24O2Si/c1-5-12-14(13-6-2)11-9(3)7-8-10(11)4/h9-11,14H,5-8H2,1-4H3. The van der Waals surface area contributed by atoms with Gasteiger partial charge < -0.3 is 8.85 Å². The van der Waals surface area contributed by atoms with Gasteiger partial charge in [0.15, 0.2) is 0 Å². The van der Waals surface area contributed by atoms with E-state index >= 15 is 0 Å². The first kappa shape index (κ1) is 12.2. The summed E-state index contributed by atoms with van der Waals surface area (Å²) < 4.78 is 11.6. The van der Waals surface area contributed by atoms with E-state index in [0.29, 0.717) is 0 Å². The topological polar surface area (TPSA) is 18.5 Å². The third-order valence-electron chi connectivity index (χ3n) is 3.37. The molecular formula is C11H24O2Si. The van der Waals surface area contributed by atoms with Crippen LogP contribution in [0.4, 0.5) is 0 Å². The van der Waals surface area contributed by atoms with Gasteiger partial charge in [0.25, 0.3) is 0 Å². The lowest BCUT2D eigenvalue weighted by atomic mass is 10.1. The molecule has 2 nitrogen and oxygen atoms in total. The molecule has 3 heteroatoms. The van der Waals surface area contributed by atoms with E-state index in [2.05, 4.69) is 27.7 Å². The van der Waals surface area contributed by atoms with Crippen LogP contribution < -0.4 is 0 Å². The lowest BCUT2D eigenvalue weighted by Gasteiger charge is -2.27. The van der Waals surface area contributed by atoms with E-state index < -0.39 is 9.28 Å². The first-order valence-electron chi connectivity index (χ1n) is 5.93. The van der Waals surface area contributed by atoms with E-state index in [1.807, 2.05) is 0 Å². The van der Waals surface area contributed by atoms with E-state index in [1.165, 1.54) is 12.8 Å². The van der Waals surface area contributed by atoms with Crippen LogP contribution in [-0.4, -0.2) is 22.5 Å². The summed E-state index contributed by atoms with van der Waals surface area (Å²) in [6, 6.07) is 0. The van der Waals surface area contributed by atoms with Crippen LogP contribution in [-0.2, 0) is 8.85 Å². The van der Waals surface area contributed by atoms with Gasteiger partial charge in [0, 0.05) is 18.8 Å². The van der Waals surface area contributed by atoms with E-state index in [0.717, 1.165) is 30.6 Å². The Kier molecular flexibility index (Phi) is 5.13. The van der Waals surface area contributed by atoms with Crippen molar-refractivity contribution in [2.75, 3.05) is 13.2 Å². The molecule has 1 saturated carbocycles. The summed E-state index contributed by atoms with van der Waals surface area (Å²) in [4.78, 5) is 0. The Bertz CT molecular complexity index is 147. The van der Waals surface area contributed by atoms with Crippen LogP contribution in [0.5, 0.6) is 0 Å². The highest BCUT2D eigenvalue weighted by atomic mass is 28.3. The molecule has 2 atom stereocenters. The maximum absolute atomic E-state index is 5.82. The van der Waals surface area contributed by atoms with Gasteiger partial charge >= 0.3 is 9.28 Å². The second kappa shape index (κ2) is 5.88. The zero-order chi connectivity index (χ0) is 10.6. The molecular weight excluding hydrogens is 192 g/mol. The van der Waals surface area contributed by atoms with E-state index in [9.17, 15) is 0 Å². The van der Waals surface area contributed by atoms with Gasteiger partial charge in [-0.1, -0.05) is 26.7 Å². The summed E-state index contributed by atoms with van der Waals surface area (Å²) in [5.74, 6) is 1.61. The summed E-state index contributed by atoms with van der Waals surface area (Å²) in [7, 11) is -1.40. The van der Waals surface area contributed by atoms with Crippen molar-refractivity contribution < 1.29 is 8.85 Å². The van der Waals surface area contributed by atoms with Crippen LogP contribution >= 0.6 is 0 Å². The van der Waals surface area contributed by atoms with Gasteiger partial charge in [-0.2, -0.15) is 0 Å². The molecule has 1 fully saturated rings. The number of hydrogen-bond acceptors (Lipinski definition) is 2. The molecule has 0 aromatic rings. The second-order valence-corrected chi connectivity index (χ2v) is 6.56. The highest BCUT2D eigenvalue weighted by molar-refractivity contribution is 6.46. The Morgan fingerprint density at radius 2 is 1.43 bits per heavy atom. The third kappa shape index (κ3) is 2.81. The van der Waals surface area contributed by atoms with Crippen molar-refractivity contribution in [1.29, 1.82) is 0 Å². The van der Waals surface area contributed by atoms with Gasteiger partial charge in [-0.05, 0) is 25.7 Å². The molecule has 2 unspecified atom stereocenters. The van der Waals surface area contributed by atoms with Crippen molar-refractivity contribution in [2.24, 2.45) is 11.8 Å². The molecule has 14 heavy (non-hydrogen) atoms. The molecule has 84 valence electrons. The Balaban J connectivity index is 2.55. The largest absolute Gasteiger partial charge is 0.397 e. The fraction of sp³-hybridized carbons (Fsp3) is 1.00. The van der Waals surface area contributed by atoms with E-state index in [-0.39, 0.29) is 0 Å². The Morgan fingerprint density at radius 1 is 1.00 bits per heavy atom. The Morgan fingerprint density at radius 3 is 1.79 bits per heavy atom. The smallest absolute Gasteiger partial charge is 0.325 e. The summed E-state index contributed by atoms with van der Waals surface area (Å²) in [6.07, 6.45) is 2.71. The zero-order valence-corrected chi connectivity index (χ0v) is 11.1. The maximum Gasteiger partial charge on any atom is 0.325 e. The number of hydrogen-bond donors (Lipinski definition) is 0. The van der Waals surface area contributed by atoms with Crippen molar-refractivity contribution >= 4 is 9.28 Å². The predicted molar refractivity (Wildman–Crippen MR) is 61.7 cm³/mol.